The molecule has 1 unspecified atom stereocenters. The number of nitrogens with one attached hydrogen (secondary N) is 2. The maximum absolute atomic E-state index is 13.6. The molecule has 0 spiro atoms. The van der Waals surface area contributed by atoms with Crippen molar-refractivity contribution in [2.24, 2.45) is 12.5 Å². The van der Waals surface area contributed by atoms with Crippen molar-refractivity contribution in [3.05, 3.63) is 47.7 Å². The van der Waals surface area contributed by atoms with Crippen LogP contribution in [0.3, 0.4) is 0 Å². The lowest BCUT2D eigenvalue weighted by atomic mass is 9.76. The Labute approximate surface area is 208 Å². The summed E-state index contributed by atoms with van der Waals surface area (Å²) in [5.74, 6) is -1.58. The molecular formula is C27H40N4O4. The Bertz CT molecular complexity index is 1120. The van der Waals surface area contributed by atoms with E-state index < -0.39 is 28.9 Å². The third kappa shape index (κ3) is 6.11. The molecule has 35 heavy (non-hydrogen) atoms. The Morgan fingerprint density at radius 1 is 1.11 bits per heavy atom. The largest absolute Gasteiger partial charge is 0.478 e. The van der Waals surface area contributed by atoms with E-state index in [9.17, 15) is 14.4 Å². The molecule has 2 atom stereocenters. The number of fused-ring (bicyclic) bond motifs is 1. The van der Waals surface area contributed by atoms with Gasteiger partial charge in [-0.2, -0.15) is 0 Å². The van der Waals surface area contributed by atoms with E-state index >= 15 is 0 Å². The summed E-state index contributed by atoms with van der Waals surface area (Å²) in [5, 5.41) is 16.3. The first kappa shape index (κ1) is 28.1. The normalized spacial score (nSPS) is 14.5. The highest BCUT2D eigenvalue weighted by atomic mass is 16.4. The fraction of sp³-hybridized carbons (Fsp3) is 0.519. The van der Waals surface area contributed by atoms with Crippen LogP contribution in [0.4, 0.5) is 0 Å². The highest BCUT2D eigenvalue weighted by molar-refractivity contribution is 5.93. The quantitative estimate of drug-likeness (QED) is 0.475. The minimum atomic E-state index is -1.03. The summed E-state index contributed by atoms with van der Waals surface area (Å²) in [6.45, 7) is 11.3. The summed E-state index contributed by atoms with van der Waals surface area (Å²) in [6, 6.07) is 6.68. The number of nitrogens with zero attached hydrogens (tertiary/aromatic N) is 2. The molecule has 0 aliphatic rings. The van der Waals surface area contributed by atoms with Crippen molar-refractivity contribution in [3.8, 4) is 0 Å². The number of aromatic nitrogens is 1. The van der Waals surface area contributed by atoms with Crippen molar-refractivity contribution < 1.29 is 19.5 Å². The van der Waals surface area contributed by atoms with Crippen LogP contribution in [0.1, 0.15) is 47.1 Å². The Morgan fingerprint density at radius 3 is 2.26 bits per heavy atom. The van der Waals surface area contributed by atoms with Crippen molar-refractivity contribution in [1.29, 1.82) is 0 Å². The first-order chi connectivity index (χ1) is 16.1. The van der Waals surface area contributed by atoms with Crippen LogP contribution in [0.25, 0.3) is 10.9 Å². The van der Waals surface area contributed by atoms with Gasteiger partial charge in [-0.05, 0) is 31.0 Å². The summed E-state index contributed by atoms with van der Waals surface area (Å²) < 4.78 is 2.06. The minimum Gasteiger partial charge on any atom is -0.478 e. The van der Waals surface area contributed by atoms with Gasteiger partial charge >= 0.3 is 5.97 Å². The number of carbonyl (C=O) groups excluding carboxylic acids is 2. The lowest BCUT2D eigenvalue weighted by molar-refractivity contribution is -0.139. The average Bonchev–Trinajstić information content (AvgIpc) is 3.12. The summed E-state index contributed by atoms with van der Waals surface area (Å²) in [4.78, 5) is 39.5. The van der Waals surface area contributed by atoms with Gasteiger partial charge in [0, 0.05) is 48.7 Å². The topological polar surface area (TPSA) is 104 Å². The molecule has 8 nitrogen and oxygen atoms in total. The van der Waals surface area contributed by atoms with Crippen LogP contribution >= 0.6 is 0 Å². The fourth-order valence-corrected chi connectivity index (χ4v) is 4.38. The molecule has 0 saturated heterocycles. The Kier molecular flexibility index (Phi) is 8.55. The zero-order valence-corrected chi connectivity index (χ0v) is 22.4. The van der Waals surface area contributed by atoms with Crippen LogP contribution < -0.4 is 10.6 Å². The minimum absolute atomic E-state index is 0.135. The van der Waals surface area contributed by atoms with Crippen LogP contribution in [0.5, 0.6) is 0 Å². The van der Waals surface area contributed by atoms with E-state index in [1.54, 1.807) is 14.1 Å². The molecule has 0 fully saturated rings. The van der Waals surface area contributed by atoms with Crippen molar-refractivity contribution in [2.45, 2.75) is 59.0 Å². The van der Waals surface area contributed by atoms with Gasteiger partial charge in [0.25, 0.3) is 0 Å². The van der Waals surface area contributed by atoms with Gasteiger partial charge in [-0.1, -0.05) is 58.9 Å². The van der Waals surface area contributed by atoms with Gasteiger partial charge in [-0.3, -0.25) is 9.59 Å². The number of hydrogen-bond acceptors (Lipinski definition) is 4. The van der Waals surface area contributed by atoms with Crippen molar-refractivity contribution in [2.75, 3.05) is 20.6 Å². The van der Waals surface area contributed by atoms with Crippen LogP contribution in [0, 0.1) is 5.41 Å². The van der Waals surface area contributed by atoms with Gasteiger partial charge in [-0.15, -0.1) is 0 Å². The summed E-state index contributed by atoms with van der Waals surface area (Å²) in [7, 11) is 5.34. The Balaban J connectivity index is 2.34. The van der Waals surface area contributed by atoms with E-state index in [4.69, 9.17) is 5.11 Å². The molecule has 1 aromatic heterocycles. The molecular weight excluding hydrogens is 444 g/mol. The number of carbonyl (C=O) groups is 3. The van der Waals surface area contributed by atoms with Crippen LogP contribution in [-0.4, -0.2) is 65.1 Å². The summed E-state index contributed by atoms with van der Waals surface area (Å²) >= 11 is 0. The van der Waals surface area contributed by atoms with Gasteiger partial charge in [-0.25, -0.2) is 4.79 Å². The van der Waals surface area contributed by atoms with E-state index in [-0.39, 0.29) is 23.9 Å². The molecule has 0 aliphatic heterocycles. The molecule has 0 bridgehead atoms. The average molecular weight is 485 g/mol. The zero-order valence-electron chi connectivity index (χ0n) is 22.4. The second-order valence-corrected chi connectivity index (χ2v) is 10.8. The van der Waals surface area contributed by atoms with Crippen LogP contribution in [0.2, 0.25) is 0 Å². The lowest BCUT2D eigenvalue weighted by Gasteiger charge is -2.38. The molecule has 3 N–H and O–H groups in total. The van der Waals surface area contributed by atoms with Crippen LogP contribution in [0.15, 0.2) is 42.1 Å². The van der Waals surface area contributed by atoms with E-state index in [0.29, 0.717) is 0 Å². The van der Waals surface area contributed by atoms with Crippen molar-refractivity contribution in [3.63, 3.8) is 0 Å². The predicted molar refractivity (Wildman–Crippen MR) is 139 cm³/mol. The zero-order chi connectivity index (χ0) is 26.7. The number of aliphatic carboxylic acids is 1. The number of amides is 2. The fourth-order valence-electron chi connectivity index (χ4n) is 4.38. The van der Waals surface area contributed by atoms with Crippen LogP contribution in [-0.2, 0) is 26.8 Å². The lowest BCUT2D eigenvalue weighted by Crippen LogP contribution is -2.60. The van der Waals surface area contributed by atoms with Gasteiger partial charge in [0.1, 0.15) is 6.04 Å². The van der Waals surface area contributed by atoms with E-state index in [1.807, 2.05) is 59.9 Å². The SMILES string of the molecule is CNC(C(=O)N[C@H](C(=O)N(C)CC=C(C)C(=O)O)C(C)(C)C)C(C)(C)c1cn(C)c2ccccc12. The molecule has 0 aliphatic carbocycles. The number of carboxylic acid groups (broad SMARTS) is 1. The van der Waals surface area contributed by atoms with Gasteiger partial charge in [0.2, 0.25) is 11.8 Å². The van der Waals surface area contributed by atoms with Crippen molar-refractivity contribution in [1.82, 2.24) is 20.1 Å². The number of likely N-dealkylation sites (N-methyl/N-ethyl adjacent to an activating group) is 2. The van der Waals surface area contributed by atoms with E-state index in [2.05, 4.69) is 27.5 Å². The van der Waals surface area contributed by atoms with Gasteiger partial charge in [0.05, 0.1) is 6.04 Å². The maximum atomic E-state index is 13.6. The number of carboxylic acids is 1. The van der Waals surface area contributed by atoms with E-state index in [1.165, 1.54) is 17.9 Å². The molecule has 0 saturated carbocycles. The molecule has 192 valence electrons. The Hall–Kier alpha value is -3.13. The molecule has 0 radical (unpaired) electrons. The Morgan fingerprint density at radius 2 is 1.71 bits per heavy atom. The maximum Gasteiger partial charge on any atom is 0.331 e. The molecule has 2 rings (SSSR count). The molecule has 1 heterocycles. The van der Waals surface area contributed by atoms with Gasteiger partial charge in [0.15, 0.2) is 0 Å². The summed E-state index contributed by atoms with van der Waals surface area (Å²) in [6.07, 6.45) is 3.54. The first-order valence-electron chi connectivity index (χ1n) is 11.8. The first-order valence-corrected chi connectivity index (χ1v) is 11.8. The number of rotatable bonds is 9. The molecule has 1 aromatic carbocycles. The monoisotopic (exact) mass is 484 g/mol. The van der Waals surface area contributed by atoms with E-state index in [0.717, 1.165) is 16.5 Å². The molecule has 2 aromatic rings. The summed E-state index contributed by atoms with van der Waals surface area (Å²) in [5.41, 5.74) is 1.13. The third-order valence-electron chi connectivity index (χ3n) is 6.65. The highest BCUT2D eigenvalue weighted by Gasteiger charge is 2.41. The third-order valence-corrected chi connectivity index (χ3v) is 6.65. The standard InChI is InChI=1S/C27H40N4O4/c1-17(25(34)35)14-15-30(8)24(33)22(26(2,3)4)29-23(32)21(28-7)27(5,6)19-16-31(9)20-13-11-10-12-18(19)20/h10-14,16,21-22,28H,15H2,1-9H3,(H,29,32)(H,34,35)/t21?,22-/m1/s1. The van der Waals surface area contributed by atoms with Gasteiger partial charge < -0.3 is 25.2 Å². The predicted octanol–water partition coefficient (Wildman–Crippen LogP) is 3.06. The smallest absolute Gasteiger partial charge is 0.331 e. The number of aryl methyl sites for hydroxylation is 1. The molecule has 2 amide bonds. The number of hydrogen-bond donors (Lipinski definition) is 3. The number of para-hydroxylation sites is 1. The van der Waals surface area contributed by atoms with Crippen molar-refractivity contribution >= 4 is 28.7 Å². The highest BCUT2D eigenvalue weighted by Crippen LogP contribution is 2.34. The second kappa shape index (κ2) is 10.6. The number of benzene rings is 1. The second-order valence-electron chi connectivity index (χ2n) is 10.8. The molecule has 8 heteroatoms.